The fourth-order valence-corrected chi connectivity index (χ4v) is 0. The van der Waals surface area contributed by atoms with E-state index in [1.807, 2.05) is 0 Å². The number of hydrogen-bond acceptors (Lipinski definition) is 3. The Balaban J connectivity index is 0. The van der Waals surface area contributed by atoms with E-state index in [4.69, 9.17) is 6.65 Å². The summed E-state index contributed by atoms with van der Waals surface area (Å²) in [5, 5.41) is 0. The van der Waals surface area contributed by atoms with Gasteiger partial charge in [0.2, 0.25) is 0 Å². The molecule has 0 saturated carbocycles. The Morgan fingerprint density at radius 1 is 1.40 bits per heavy atom. The van der Waals surface area contributed by atoms with Crippen molar-refractivity contribution in [3.05, 3.63) is 0 Å². The van der Waals surface area contributed by atoms with E-state index >= 15 is 0 Å². The van der Waals surface area contributed by atoms with E-state index in [-0.39, 0.29) is 0 Å². The Labute approximate surface area is 57.4 Å². The molecule has 0 spiro atoms. The van der Waals surface area contributed by atoms with Gasteiger partial charge in [0, 0.05) is 0 Å². The summed E-state index contributed by atoms with van der Waals surface area (Å²) in [6.07, 6.45) is 0. The minimum atomic E-state index is -2.00. The molecule has 0 amide bonds. The van der Waals surface area contributed by atoms with Crippen LogP contribution in [0, 0.1) is 0 Å². The van der Waals surface area contributed by atoms with Crippen LogP contribution in [0.25, 0.3) is 0 Å². The van der Waals surface area contributed by atoms with E-state index in [0.717, 1.165) is 23.7 Å². The van der Waals surface area contributed by atoms with Gasteiger partial charge in [0.1, 0.15) is 0 Å². The van der Waals surface area contributed by atoms with Crippen LogP contribution in [0.15, 0.2) is 0 Å². The van der Waals surface area contributed by atoms with Gasteiger partial charge in [0.25, 0.3) is 0 Å². The molecule has 5 heavy (non-hydrogen) atoms. The van der Waals surface area contributed by atoms with Crippen LogP contribution < -0.4 is 0 Å². The molecule has 0 rings (SSSR count). The first-order chi connectivity index (χ1) is 2.41. The van der Waals surface area contributed by atoms with Crippen LogP contribution in [0.2, 0.25) is 0 Å². The maximum atomic E-state index is 8.50. The van der Waals surface area contributed by atoms with Crippen LogP contribution in [0.1, 0.15) is 0 Å². The van der Waals surface area contributed by atoms with Crippen LogP contribution in [-0.2, 0) is 49.4 Å². The first kappa shape index (κ1) is 9.68. The molecule has 0 aromatic heterocycles. The molecule has 0 radical (unpaired) electrons. The topological polar surface area (TPSA) is 34.1 Å². The van der Waals surface area contributed by atoms with Gasteiger partial charge in [0.15, 0.2) is 0 Å². The van der Waals surface area contributed by atoms with Gasteiger partial charge in [-0.25, -0.2) is 0 Å². The van der Waals surface area contributed by atoms with Crippen LogP contribution in [0.5, 0.6) is 0 Å². The maximum absolute atomic E-state index is 8.50. The third-order valence-electron chi connectivity index (χ3n) is 0. The Kier molecular flexibility index (Phi) is 34.8. The van der Waals surface area contributed by atoms with Gasteiger partial charge >= 0.3 is 58.1 Å². The zero-order chi connectivity index (χ0) is 4.71. The second-order valence-electron chi connectivity index (χ2n) is 0.0833. The standard InChI is InChI=1S/Cd.2O.S.Ti. The predicted octanol–water partition coefficient (Wildman–Crippen LogP) is 0.406. The van der Waals surface area contributed by atoms with Crippen LogP contribution in [0.3, 0.4) is 0 Å². The van der Waals surface area contributed by atoms with Gasteiger partial charge in [-0.2, -0.15) is 0 Å². The average molecular weight is 224 g/mol. The summed E-state index contributed by atoms with van der Waals surface area (Å²) in [6, 6.07) is 0. The molecular formula is CdO2STi. The van der Waals surface area contributed by atoms with Crippen LogP contribution >= 0.6 is 8.65 Å². The summed E-state index contributed by atoms with van der Waals surface area (Å²) < 4.78 is 17.0. The van der Waals surface area contributed by atoms with Crippen molar-refractivity contribution < 1.29 is 49.4 Å². The fourth-order valence-electron chi connectivity index (χ4n) is 0. The van der Waals surface area contributed by atoms with Crippen LogP contribution in [0.4, 0.5) is 0 Å². The van der Waals surface area contributed by atoms with Gasteiger partial charge < -0.3 is 0 Å². The molecule has 0 N–H and O–H groups in total. The predicted molar refractivity (Wildman–Crippen MR) is 8.96 cm³/mol. The first-order valence-electron chi connectivity index (χ1n) is 0.697. The minimum absolute atomic E-state index is 0.733. The van der Waals surface area contributed by atoms with Gasteiger partial charge in [0.05, 0.1) is 0 Å². The third kappa shape index (κ3) is 30.7. The van der Waals surface area contributed by atoms with Crippen molar-refractivity contribution in [1.82, 2.24) is 0 Å². The van der Waals surface area contributed by atoms with E-state index in [0.29, 0.717) is 0 Å². The molecule has 24 valence electrons. The molecule has 2 nitrogen and oxygen atoms in total. The summed E-state index contributed by atoms with van der Waals surface area (Å²) in [4.78, 5) is 0. The van der Waals surface area contributed by atoms with Crippen molar-refractivity contribution in [2.45, 2.75) is 0 Å². The van der Waals surface area contributed by atoms with Crippen molar-refractivity contribution in [2.75, 3.05) is 0 Å². The van der Waals surface area contributed by atoms with Crippen molar-refractivity contribution in [1.29, 1.82) is 0 Å². The quantitative estimate of drug-likeness (QED) is 0.559. The average Bonchev–Trinajstić information content (AvgIpc) is 1.46. The van der Waals surface area contributed by atoms with Crippen molar-refractivity contribution in [2.24, 2.45) is 0 Å². The second-order valence-corrected chi connectivity index (χ2v) is 0.344. The summed E-state index contributed by atoms with van der Waals surface area (Å²) in [6.45, 7) is 0. The molecule has 0 aliphatic heterocycles. The zero-order valence-corrected chi connectivity index (χ0v) is 8.85. The Bertz CT molecular complexity index is 38.9. The molecule has 0 fully saturated rings. The van der Waals surface area contributed by atoms with E-state index < -0.39 is 19.1 Å². The third-order valence-corrected chi connectivity index (χ3v) is 0. The van der Waals surface area contributed by atoms with Gasteiger partial charge in [-0.3, -0.25) is 0 Å². The molecular weight excluding hydrogens is 224 g/mol. The molecule has 0 aromatic carbocycles. The molecule has 0 bridgehead atoms. The Morgan fingerprint density at radius 2 is 1.40 bits per heavy atom. The normalized spacial score (nSPS) is 2.80. The monoisotopic (exact) mass is 226 g/mol. The number of hydrogen-bond donors (Lipinski definition) is 0. The molecule has 0 aromatic rings. The molecule has 0 aliphatic rings. The summed E-state index contributed by atoms with van der Waals surface area (Å²) in [5.41, 5.74) is 0. The summed E-state index contributed by atoms with van der Waals surface area (Å²) in [5.74, 6) is 0. The molecule has 0 unspecified atom stereocenters. The molecule has 0 heterocycles. The van der Waals surface area contributed by atoms with E-state index in [2.05, 4.69) is 8.65 Å². The van der Waals surface area contributed by atoms with Crippen LogP contribution in [-0.4, -0.2) is 0 Å². The molecule has 0 aliphatic carbocycles. The summed E-state index contributed by atoms with van der Waals surface area (Å²) in [7, 11) is 4.25. The van der Waals surface area contributed by atoms with Crippen molar-refractivity contribution >= 4 is 8.65 Å². The van der Waals surface area contributed by atoms with Crippen molar-refractivity contribution in [3.63, 3.8) is 0 Å². The van der Waals surface area contributed by atoms with Crippen molar-refractivity contribution in [3.8, 4) is 0 Å². The summed E-state index contributed by atoms with van der Waals surface area (Å²) >= 11 is -1.27. The molecule has 0 atom stereocenters. The first-order valence-corrected chi connectivity index (χ1v) is 7.49. The molecule has 0 saturated heterocycles. The van der Waals surface area contributed by atoms with Gasteiger partial charge in [-0.1, -0.05) is 0 Å². The second kappa shape index (κ2) is 18.0. The number of rotatable bonds is 0. The SMILES string of the molecule is [O]=[Ti]=[O].[S]=[Cd]. The Hall–Kier alpha value is 1.46. The van der Waals surface area contributed by atoms with E-state index in [1.54, 1.807) is 0 Å². The fraction of sp³-hybridized carbons (Fsp3) is 0. The zero-order valence-electron chi connectivity index (χ0n) is 2.43. The van der Waals surface area contributed by atoms with Gasteiger partial charge in [-0.15, -0.1) is 0 Å². The molecule has 5 heteroatoms. The van der Waals surface area contributed by atoms with Gasteiger partial charge in [-0.05, 0) is 0 Å². The van der Waals surface area contributed by atoms with E-state index in [9.17, 15) is 0 Å². The Morgan fingerprint density at radius 3 is 1.40 bits per heavy atom. The van der Waals surface area contributed by atoms with E-state index in [1.165, 1.54) is 0 Å².